The largest absolute Gasteiger partial charge is 0.381 e. The third kappa shape index (κ3) is 1.73. The minimum atomic E-state index is 0.758. The van der Waals surface area contributed by atoms with Crippen LogP contribution < -0.4 is 0 Å². The Morgan fingerprint density at radius 2 is 1.64 bits per heavy atom. The van der Waals surface area contributed by atoms with Gasteiger partial charge in [0, 0.05) is 13.2 Å². The second-order valence-electron chi connectivity index (χ2n) is 3.81. The van der Waals surface area contributed by atoms with Crippen molar-refractivity contribution in [1.29, 1.82) is 0 Å². The summed E-state index contributed by atoms with van der Waals surface area (Å²) in [4.78, 5) is 0. The standard InChI is InChI=1S/C9H16OS/c1-3-9(7-11-8-9)4-2-6-10-5-1/h1-8H2. The molecule has 0 unspecified atom stereocenters. The van der Waals surface area contributed by atoms with E-state index in [-0.39, 0.29) is 0 Å². The van der Waals surface area contributed by atoms with E-state index in [9.17, 15) is 0 Å². The molecule has 0 aromatic heterocycles. The van der Waals surface area contributed by atoms with Crippen LogP contribution in [0, 0.1) is 5.41 Å². The minimum Gasteiger partial charge on any atom is -0.381 e. The van der Waals surface area contributed by atoms with Crippen molar-refractivity contribution in [3.8, 4) is 0 Å². The molecule has 11 heavy (non-hydrogen) atoms. The molecular weight excluding hydrogens is 156 g/mol. The van der Waals surface area contributed by atoms with Gasteiger partial charge in [0.2, 0.25) is 0 Å². The van der Waals surface area contributed by atoms with Gasteiger partial charge in [-0.15, -0.1) is 0 Å². The van der Waals surface area contributed by atoms with E-state index in [4.69, 9.17) is 4.74 Å². The first-order chi connectivity index (χ1) is 5.41. The van der Waals surface area contributed by atoms with E-state index in [2.05, 4.69) is 11.8 Å². The maximum Gasteiger partial charge on any atom is 0.0466 e. The predicted molar refractivity (Wildman–Crippen MR) is 49.0 cm³/mol. The summed E-state index contributed by atoms with van der Waals surface area (Å²) in [6, 6.07) is 0. The number of rotatable bonds is 0. The fraction of sp³-hybridized carbons (Fsp3) is 1.00. The lowest BCUT2D eigenvalue weighted by molar-refractivity contribution is 0.0869. The Morgan fingerprint density at radius 1 is 1.00 bits per heavy atom. The smallest absolute Gasteiger partial charge is 0.0466 e. The van der Waals surface area contributed by atoms with Gasteiger partial charge in [0.1, 0.15) is 0 Å². The molecule has 2 heterocycles. The third-order valence-electron chi connectivity index (χ3n) is 2.81. The average Bonchev–Trinajstić information content (AvgIpc) is 1.82. The molecule has 2 fully saturated rings. The Morgan fingerprint density at radius 3 is 2.09 bits per heavy atom. The van der Waals surface area contributed by atoms with Crippen molar-refractivity contribution in [2.75, 3.05) is 24.7 Å². The van der Waals surface area contributed by atoms with Gasteiger partial charge in [-0.25, -0.2) is 0 Å². The molecule has 0 saturated carbocycles. The molecule has 2 aliphatic heterocycles. The lowest BCUT2D eigenvalue weighted by Gasteiger charge is -2.42. The maximum absolute atomic E-state index is 5.43. The summed E-state index contributed by atoms with van der Waals surface area (Å²) in [7, 11) is 0. The van der Waals surface area contributed by atoms with Gasteiger partial charge in [-0.3, -0.25) is 0 Å². The molecule has 0 bridgehead atoms. The van der Waals surface area contributed by atoms with E-state index in [1.54, 1.807) is 0 Å². The van der Waals surface area contributed by atoms with Crippen LogP contribution in [-0.4, -0.2) is 24.7 Å². The monoisotopic (exact) mass is 172 g/mol. The molecule has 0 amide bonds. The van der Waals surface area contributed by atoms with Crippen LogP contribution in [0.15, 0.2) is 0 Å². The highest BCUT2D eigenvalue weighted by molar-refractivity contribution is 8.00. The average molecular weight is 172 g/mol. The first-order valence-electron chi connectivity index (χ1n) is 4.57. The molecule has 0 aromatic carbocycles. The number of hydrogen-bond donors (Lipinski definition) is 0. The van der Waals surface area contributed by atoms with E-state index in [1.165, 1.54) is 37.2 Å². The molecule has 2 aliphatic rings. The Bertz CT molecular complexity index is 122. The van der Waals surface area contributed by atoms with Crippen molar-refractivity contribution in [3.05, 3.63) is 0 Å². The molecule has 0 atom stereocenters. The van der Waals surface area contributed by atoms with Crippen LogP contribution in [-0.2, 0) is 4.74 Å². The molecule has 0 aromatic rings. The van der Waals surface area contributed by atoms with E-state index in [1.807, 2.05) is 0 Å². The first-order valence-corrected chi connectivity index (χ1v) is 5.72. The van der Waals surface area contributed by atoms with Crippen molar-refractivity contribution < 1.29 is 4.74 Å². The summed E-state index contributed by atoms with van der Waals surface area (Å²) in [6.45, 7) is 2.01. The van der Waals surface area contributed by atoms with Gasteiger partial charge in [0.15, 0.2) is 0 Å². The highest BCUT2D eigenvalue weighted by Gasteiger charge is 2.36. The molecule has 2 saturated heterocycles. The predicted octanol–water partition coefficient (Wildman–Crippen LogP) is 2.31. The summed E-state index contributed by atoms with van der Waals surface area (Å²) in [6.07, 6.45) is 5.42. The van der Waals surface area contributed by atoms with Gasteiger partial charge < -0.3 is 4.74 Å². The van der Waals surface area contributed by atoms with Gasteiger partial charge in [-0.2, -0.15) is 11.8 Å². The maximum atomic E-state index is 5.43. The zero-order valence-corrected chi connectivity index (χ0v) is 7.79. The van der Waals surface area contributed by atoms with Crippen LogP contribution in [0.4, 0.5) is 0 Å². The SMILES string of the molecule is C1COCCCC2(C1)CSC2. The van der Waals surface area contributed by atoms with Crippen LogP contribution in [0.1, 0.15) is 25.7 Å². The summed E-state index contributed by atoms with van der Waals surface area (Å²) < 4.78 is 5.43. The van der Waals surface area contributed by atoms with Crippen molar-refractivity contribution in [2.45, 2.75) is 25.7 Å². The molecule has 0 N–H and O–H groups in total. The van der Waals surface area contributed by atoms with Gasteiger partial charge >= 0.3 is 0 Å². The van der Waals surface area contributed by atoms with Crippen LogP contribution in [0.2, 0.25) is 0 Å². The lowest BCUT2D eigenvalue weighted by Crippen LogP contribution is -2.37. The van der Waals surface area contributed by atoms with Crippen LogP contribution in [0.3, 0.4) is 0 Å². The minimum absolute atomic E-state index is 0.758. The number of hydrogen-bond acceptors (Lipinski definition) is 2. The normalized spacial score (nSPS) is 30.5. The van der Waals surface area contributed by atoms with Crippen molar-refractivity contribution in [1.82, 2.24) is 0 Å². The molecule has 1 nitrogen and oxygen atoms in total. The molecule has 0 radical (unpaired) electrons. The van der Waals surface area contributed by atoms with Crippen LogP contribution in [0.25, 0.3) is 0 Å². The van der Waals surface area contributed by atoms with Gasteiger partial charge in [0.05, 0.1) is 0 Å². The van der Waals surface area contributed by atoms with E-state index in [0.717, 1.165) is 18.6 Å². The molecule has 64 valence electrons. The van der Waals surface area contributed by atoms with Crippen LogP contribution in [0.5, 0.6) is 0 Å². The second kappa shape index (κ2) is 3.36. The molecule has 0 aliphatic carbocycles. The van der Waals surface area contributed by atoms with Gasteiger partial charge in [-0.05, 0) is 42.6 Å². The summed E-state index contributed by atoms with van der Waals surface area (Å²) in [5, 5.41) is 0. The van der Waals surface area contributed by atoms with Crippen molar-refractivity contribution >= 4 is 11.8 Å². The number of thioether (sulfide) groups is 1. The second-order valence-corrected chi connectivity index (χ2v) is 4.80. The quantitative estimate of drug-likeness (QED) is 0.554. The molecule has 1 spiro atoms. The highest BCUT2D eigenvalue weighted by atomic mass is 32.2. The Balaban J connectivity index is 1.86. The van der Waals surface area contributed by atoms with Crippen molar-refractivity contribution in [2.24, 2.45) is 5.41 Å². The highest BCUT2D eigenvalue weighted by Crippen LogP contribution is 2.45. The van der Waals surface area contributed by atoms with Crippen molar-refractivity contribution in [3.63, 3.8) is 0 Å². The third-order valence-corrected chi connectivity index (χ3v) is 4.44. The molecule has 2 heteroatoms. The number of ether oxygens (including phenoxy) is 1. The molecule has 2 rings (SSSR count). The summed E-state index contributed by atoms with van der Waals surface area (Å²) >= 11 is 2.12. The van der Waals surface area contributed by atoms with E-state index < -0.39 is 0 Å². The van der Waals surface area contributed by atoms with Crippen LogP contribution >= 0.6 is 11.8 Å². The zero-order valence-electron chi connectivity index (χ0n) is 6.97. The van der Waals surface area contributed by atoms with E-state index >= 15 is 0 Å². The fourth-order valence-corrected chi connectivity index (χ4v) is 3.36. The topological polar surface area (TPSA) is 9.23 Å². The Labute approximate surface area is 72.9 Å². The Hall–Kier alpha value is 0.310. The molecular formula is C9H16OS. The summed E-state index contributed by atoms with van der Waals surface area (Å²) in [5.41, 5.74) is 0.758. The fourth-order valence-electron chi connectivity index (χ4n) is 2.00. The first kappa shape index (κ1) is 7.93. The Kier molecular flexibility index (Phi) is 2.42. The summed E-state index contributed by atoms with van der Waals surface area (Å²) in [5.74, 6) is 2.85. The zero-order chi connectivity index (χ0) is 7.57. The van der Waals surface area contributed by atoms with E-state index in [0.29, 0.717) is 0 Å². The van der Waals surface area contributed by atoms with Gasteiger partial charge in [0.25, 0.3) is 0 Å². The lowest BCUT2D eigenvalue weighted by atomic mass is 9.81. The van der Waals surface area contributed by atoms with Gasteiger partial charge in [-0.1, -0.05) is 0 Å².